The molecule has 0 unspecified atom stereocenters. The Balaban J connectivity index is 1.63. The lowest BCUT2D eigenvalue weighted by molar-refractivity contribution is 0.372. The van der Waals surface area contributed by atoms with Gasteiger partial charge in [-0.15, -0.1) is 0 Å². The molecule has 1 aliphatic rings. The minimum Gasteiger partial charge on any atom is -0.368 e. The van der Waals surface area contributed by atoms with Gasteiger partial charge in [0.15, 0.2) is 5.96 Å². The zero-order chi connectivity index (χ0) is 17.6. The second-order valence-electron chi connectivity index (χ2n) is 6.07. The van der Waals surface area contributed by atoms with E-state index < -0.39 is 0 Å². The zero-order valence-corrected chi connectivity index (χ0v) is 15.6. The van der Waals surface area contributed by atoms with Gasteiger partial charge < -0.3 is 15.1 Å². The van der Waals surface area contributed by atoms with Crippen molar-refractivity contribution in [2.45, 2.75) is 13.5 Å². The Bertz CT molecular complexity index is 718. The van der Waals surface area contributed by atoms with Crippen LogP contribution < -0.4 is 10.2 Å². The van der Waals surface area contributed by atoms with E-state index in [-0.39, 0.29) is 0 Å². The van der Waals surface area contributed by atoms with Crippen molar-refractivity contribution in [1.29, 1.82) is 0 Å². The molecule has 1 N–H and O–H groups in total. The number of anilines is 1. The van der Waals surface area contributed by atoms with Gasteiger partial charge in [-0.2, -0.15) is 5.10 Å². The molecular formula is C18H25ClN6. The number of benzene rings is 1. The Morgan fingerprint density at radius 3 is 2.68 bits per heavy atom. The smallest absolute Gasteiger partial charge is 0.194 e. The number of nitrogens with one attached hydrogen (secondary N) is 1. The highest BCUT2D eigenvalue weighted by atomic mass is 35.5. The minimum absolute atomic E-state index is 0.632. The van der Waals surface area contributed by atoms with Gasteiger partial charge in [-0.1, -0.05) is 17.7 Å². The molecule has 3 rings (SSSR count). The fraction of sp³-hybridized carbons (Fsp3) is 0.444. The summed E-state index contributed by atoms with van der Waals surface area (Å²) in [6, 6.07) is 10.1. The van der Waals surface area contributed by atoms with Gasteiger partial charge in [0, 0.05) is 56.7 Å². The summed E-state index contributed by atoms with van der Waals surface area (Å²) in [6.07, 6.45) is 1.81. The van der Waals surface area contributed by atoms with Crippen LogP contribution in [0.1, 0.15) is 12.6 Å². The SMILES string of the molecule is CCNC(=NCc1ccnn1C)N1CCN(c2cccc(Cl)c2)CC1. The monoisotopic (exact) mass is 360 g/mol. The van der Waals surface area contributed by atoms with Crippen molar-refractivity contribution in [2.24, 2.45) is 12.0 Å². The number of rotatable bonds is 4. The van der Waals surface area contributed by atoms with Crippen molar-refractivity contribution in [3.8, 4) is 0 Å². The van der Waals surface area contributed by atoms with Gasteiger partial charge in [0.05, 0.1) is 12.2 Å². The molecule has 2 heterocycles. The first-order valence-corrected chi connectivity index (χ1v) is 9.06. The molecule has 6 nitrogen and oxygen atoms in total. The number of hydrogen-bond donors (Lipinski definition) is 1. The molecule has 0 saturated carbocycles. The Kier molecular flexibility index (Phi) is 5.81. The van der Waals surface area contributed by atoms with E-state index in [2.05, 4.69) is 33.2 Å². The Labute approximate surface area is 154 Å². The molecule has 0 spiro atoms. The first-order valence-electron chi connectivity index (χ1n) is 8.68. The van der Waals surface area contributed by atoms with Crippen LogP contribution in [0.3, 0.4) is 0 Å². The molecule has 7 heteroatoms. The van der Waals surface area contributed by atoms with Crippen molar-refractivity contribution in [1.82, 2.24) is 20.0 Å². The fourth-order valence-corrected chi connectivity index (χ4v) is 3.17. The molecule has 1 fully saturated rings. The topological polar surface area (TPSA) is 48.7 Å². The molecule has 1 aliphatic heterocycles. The maximum absolute atomic E-state index is 6.11. The van der Waals surface area contributed by atoms with Gasteiger partial charge >= 0.3 is 0 Å². The van der Waals surface area contributed by atoms with Crippen LogP contribution in [0, 0.1) is 0 Å². The maximum atomic E-state index is 6.11. The van der Waals surface area contributed by atoms with Gasteiger partial charge in [-0.25, -0.2) is 4.99 Å². The highest BCUT2D eigenvalue weighted by Crippen LogP contribution is 2.20. The molecule has 134 valence electrons. The van der Waals surface area contributed by atoms with E-state index >= 15 is 0 Å². The van der Waals surface area contributed by atoms with Crippen molar-refractivity contribution < 1.29 is 0 Å². The first kappa shape index (κ1) is 17.6. The molecule has 0 radical (unpaired) electrons. The lowest BCUT2D eigenvalue weighted by Gasteiger charge is -2.37. The van der Waals surface area contributed by atoms with Crippen molar-refractivity contribution in [2.75, 3.05) is 37.6 Å². The third-order valence-corrected chi connectivity index (χ3v) is 4.64. The number of guanidine groups is 1. The predicted molar refractivity (Wildman–Crippen MR) is 103 cm³/mol. The predicted octanol–water partition coefficient (Wildman–Crippen LogP) is 2.36. The zero-order valence-electron chi connectivity index (χ0n) is 14.8. The lowest BCUT2D eigenvalue weighted by atomic mass is 10.2. The molecule has 2 aromatic rings. The molecule has 0 aliphatic carbocycles. The van der Waals surface area contributed by atoms with Crippen LogP contribution in [-0.4, -0.2) is 53.4 Å². The summed E-state index contributed by atoms with van der Waals surface area (Å²) in [4.78, 5) is 9.47. The van der Waals surface area contributed by atoms with Crippen LogP contribution in [-0.2, 0) is 13.6 Å². The molecule has 0 atom stereocenters. The molecule has 1 aromatic carbocycles. The van der Waals surface area contributed by atoms with Gasteiger partial charge in [0.25, 0.3) is 0 Å². The van der Waals surface area contributed by atoms with Crippen LogP contribution in [0.25, 0.3) is 0 Å². The van der Waals surface area contributed by atoms with Crippen molar-refractivity contribution >= 4 is 23.2 Å². The third-order valence-electron chi connectivity index (χ3n) is 4.40. The second kappa shape index (κ2) is 8.25. The average Bonchev–Trinajstić information content (AvgIpc) is 3.04. The second-order valence-corrected chi connectivity index (χ2v) is 6.51. The van der Waals surface area contributed by atoms with E-state index in [9.17, 15) is 0 Å². The Hall–Kier alpha value is -2.21. The largest absolute Gasteiger partial charge is 0.368 e. The van der Waals surface area contributed by atoms with E-state index in [1.54, 1.807) is 0 Å². The summed E-state index contributed by atoms with van der Waals surface area (Å²) < 4.78 is 1.87. The Morgan fingerprint density at radius 1 is 1.24 bits per heavy atom. The molecule has 0 amide bonds. The van der Waals surface area contributed by atoms with E-state index in [4.69, 9.17) is 16.6 Å². The van der Waals surface area contributed by atoms with Gasteiger partial charge in [-0.05, 0) is 31.2 Å². The fourth-order valence-electron chi connectivity index (χ4n) is 2.99. The maximum Gasteiger partial charge on any atom is 0.194 e. The standard InChI is InChI=1S/C18H25ClN6/c1-3-20-18(21-14-17-7-8-22-23(17)2)25-11-9-24(10-12-25)16-6-4-5-15(19)13-16/h4-8,13H,3,9-12,14H2,1-2H3,(H,20,21). The van der Waals surface area contributed by atoms with Gasteiger partial charge in [0.1, 0.15) is 0 Å². The summed E-state index contributed by atoms with van der Waals surface area (Å²) in [7, 11) is 1.95. The van der Waals surface area contributed by atoms with Crippen LogP contribution in [0.2, 0.25) is 5.02 Å². The Morgan fingerprint density at radius 2 is 2.04 bits per heavy atom. The van der Waals surface area contributed by atoms with Crippen LogP contribution in [0.5, 0.6) is 0 Å². The average molecular weight is 361 g/mol. The van der Waals surface area contributed by atoms with E-state index in [0.29, 0.717) is 6.54 Å². The van der Waals surface area contributed by atoms with Crippen LogP contribution in [0.4, 0.5) is 5.69 Å². The molecule has 0 bridgehead atoms. The molecule has 1 aromatic heterocycles. The van der Waals surface area contributed by atoms with Crippen LogP contribution in [0.15, 0.2) is 41.5 Å². The molecule has 25 heavy (non-hydrogen) atoms. The van der Waals surface area contributed by atoms with Crippen LogP contribution >= 0.6 is 11.6 Å². The first-order chi connectivity index (χ1) is 12.2. The lowest BCUT2D eigenvalue weighted by Crippen LogP contribution is -2.52. The summed E-state index contributed by atoms with van der Waals surface area (Å²) in [6.45, 7) is 7.37. The van der Waals surface area contributed by atoms with Crippen molar-refractivity contribution in [3.05, 3.63) is 47.2 Å². The number of nitrogens with zero attached hydrogens (tertiary/aromatic N) is 5. The number of aromatic nitrogens is 2. The third kappa shape index (κ3) is 4.45. The number of aliphatic imine (C=N–C) groups is 1. The van der Waals surface area contributed by atoms with Crippen molar-refractivity contribution in [3.63, 3.8) is 0 Å². The number of piperazine rings is 1. The number of hydrogen-bond acceptors (Lipinski definition) is 3. The molecular weight excluding hydrogens is 336 g/mol. The highest BCUT2D eigenvalue weighted by Gasteiger charge is 2.20. The summed E-state index contributed by atoms with van der Waals surface area (Å²) in [5.41, 5.74) is 2.29. The normalized spacial score (nSPS) is 15.6. The quantitative estimate of drug-likeness (QED) is 0.671. The minimum atomic E-state index is 0.632. The van der Waals surface area contributed by atoms with E-state index in [0.717, 1.165) is 49.4 Å². The van der Waals surface area contributed by atoms with Gasteiger partial charge in [-0.3, -0.25) is 4.68 Å². The highest BCUT2D eigenvalue weighted by molar-refractivity contribution is 6.30. The van der Waals surface area contributed by atoms with E-state index in [1.807, 2.05) is 42.2 Å². The van der Waals surface area contributed by atoms with Gasteiger partial charge in [0.2, 0.25) is 0 Å². The summed E-state index contributed by atoms with van der Waals surface area (Å²) >= 11 is 6.11. The molecule has 1 saturated heterocycles. The number of aryl methyl sites for hydroxylation is 1. The summed E-state index contributed by atoms with van der Waals surface area (Å²) in [5.74, 6) is 0.967. The summed E-state index contributed by atoms with van der Waals surface area (Å²) in [5, 5.41) is 8.39. The number of halogens is 1. The van der Waals surface area contributed by atoms with E-state index in [1.165, 1.54) is 5.69 Å².